The van der Waals surface area contributed by atoms with E-state index in [1.165, 1.54) is 0 Å². The molecule has 0 spiro atoms. The van der Waals surface area contributed by atoms with Gasteiger partial charge in [0.25, 0.3) is 0 Å². The maximum Gasteiger partial charge on any atom is 0.323 e. The second kappa shape index (κ2) is 7.93. The summed E-state index contributed by atoms with van der Waals surface area (Å²) < 4.78 is 5.13. The Labute approximate surface area is 125 Å². The van der Waals surface area contributed by atoms with Gasteiger partial charge in [0.05, 0.1) is 24.7 Å². The number of rotatable bonds is 7. The lowest BCUT2D eigenvalue weighted by Crippen LogP contribution is -2.37. The zero-order valence-electron chi connectivity index (χ0n) is 12.8. The molecule has 1 unspecified atom stereocenters. The molecular weight excluding hydrogens is 268 g/mol. The number of esters is 1. The standard InChI is InChI=1S/C15H24N4O2/c1-3-7-16-14-10-17-12(9-18-14)11-19-8-5-6-13(19)15(20)21-4-2/h9-10,13H,3-8,11H2,1-2H3,(H,16,18). The Morgan fingerprint density at radius 2 is 2.29 bits per heavy atom. The van der Waals surface area contributed by atoms with E-state index in [2.05, 4.69) is 27.1 Å². The van der Waals surface area contributed by atoms with Gasteiger partial charge in [0.1, 0.15) is 11.9 Å². The van der Waals surface area contributed by atoms with Crippen LogP contribution in [-0.2, 0) is 16.1 Å². The van der Waals surface area contributed by atoms with E-state index in [-0.39, 0.29) is 12.0 Å². The zero-order valence-corrected chi connectivity index (χ0v) is 12.8. The molecule has 0 aliphatic carbocycles. The van der Waals surface area contributed by atoms with Crippen LogP contribution in [0, 0.1) is 0 Å². The Morgan fingerprint density at radius 3 is 2.95 bits per heavy atom. The van der Waals surface area contributed by atoms with Crippen molar-refractivity contribution in [3.63, 3.8) is 0 Å². The Hall–Kier alpha value is -1.69. The smallest absolute Gasteiger partial charge is 0.323 e. The van der Waals surface area contributed by atoms with Gasteiger partial charge < -0.3 is 10.1 Å². The third-order valence-corrected chi connectivity index (χ3v) is 3.55. The summed E-state index contributed by atoms with van der Waals surface area (Å²) in [5.41, 5.74) is 0.883. The van der Waals surface area contributed by atoms with E-state index in [1.54, 1.807) is 12.4 Å². The molecule has 2 rings (SSSR count). The summed E-state index contributed by atoms with van der Waals surface area (Å²) in [7, 11) is 0. The van der Waals surface area contributed by atoms with Crippen LogP contribution >= 0.6 is 0 Å². The van der Waals surface area contributed by atoms with Gasteiger partial charge in [-0.3, -0.25) is 14.7 Å². The minimum atomic E-state index is -0.135. The van der Waals surface area contributed by atoms with Crippen molar-refractivity contribution in [1.29, 1.82) is 0 Å². The van der Waals surface area contributed by atoms with Gasteiger partial charge in [-0.15, -0.1) is 0 Å². The molecule has 0 bridgehead atoms. The van der Waals surface area contributed by atoms with E-state index in [0.29, 0.717) is 13.2 Å². The van der Waals surface area contributed by atoms with Crippen molar-refractivity contribution in [3.05, 3.63) is 18.1 Å². The van der Waals surface area contributed by atoms with Crippen LogP contribution in [0.1, 0.15) is 38.8 Å². The number of ether oxygens (including phenoxy) is 1. The molecule has 1 saturated heterocycles. The molecule has 0 amide bonds. The van der Waals surface area contributed by atoms with Gasteiger partial charge in [0.2, 0.25) is 0 Å². The third kappa shape index (κ3) is 4.39. The first-order chi connectivity index (χ1) is 10.2. The Balaban J connectivity index is 1.92. The van der Waals surface area contributed by atoms with E-state index >= 15 is 0 Å². The number of nitrogens with one attached hydrogen (secondary N) is 1. The number of likely N-dealkylation sites (tertiary alicyclic amines) is 1. The van der Waals surface area contributed by atoms with Gasteiger partial charge in [0, 0.05) is 13.1 Å². The normalized spacial score (nSPS) is 18.7. The fourth-order valence-corrected chi connectivity index (χ4v) is 2.51. The van der Waals surface area contributed by atoms with Crippen LogP contribution in [0.25, 0.3) is 0 Å². The molecule has 0 aromatic carbocycles. The molecule has 0 saturated carbocycles. The predicted molar refractivity (Wildman–Crippen MR) is 80.9 cm³/mol. The van der Waals surface area contributed by atoms with Crippen LogP contribution in [0.15, 0.2) is 12.4 Å². The molecule has 1 aromatic heterocycles. The second-order valence-corrected chi connectivity index (χ2v) is 5.20. The average molecular weight is 292 g/mol. The minimum absolute atomic E-state index is 0.121. The SMILES string of the molecule is CCCNc1cnc(CN2CCCC2C(=O)OCC)cn1. The highest BCUT2D eigenvalue weighted by Crippen LogP contribution is 2.20. The van der Waals surface area contributed by atoms with Gasteiger partial charge >= 0.3 is 5.97 Å². The van der Waals surface area contributed by atoms with Crippen LogP contribution in [-0.4, -0.2) is 46.6 Å². The summed E-state index contributed by atoms with van der Waals surface area (Å²) in [5, 5.41) is 3.20. The largest absolute Gasteiger partial charge is 0.465 e. The van der Waals surface area contributed by atoms with Crippen molar-refractivity contribution >= 4 is 11.8 Å². The molecule has 6 heteroatoms. The number of anilines is 1. The highest BCUT2D eigenvalue weighted by Gasteiger charge is 2.31. The summed E-state index contributed by atoms with van der Waals surface area (Å²) in [6, 6.07) is -0.135. The lowest BCUT2D eigenvalue weighted by atomic mass is 10.2. The fourth-order valence-electron chi connectivity index (χ4n) is 2.51. The highest BCUT2D eigenvalue weighted by atomic mass is 16.5. The predicted octanol–water partition coefficient (Wildman–Crippen LogP) is 1.83. The topological polar surface area (TPSA) is 67.4 Å². The zero-order chi connectivity index (χ0) is 15.1. The number of hydrogen-bond donors (Lipinski definition) is 1. The number of aromatic nitrogens is 2. The van der Waals surface area contributed by atoms with Crippen molar-refractivity contribution in [2.45, 2.75) is 45.7 Å². The molecule has 21 heavy (non-hydrogen) atoms. The third-order valence-electron chi connectivity index (χ3n) is 3.55. The lowest BCUT2D eigenvalue weighted by Gasteiger charge is -2.22. The summed E-state index contributed by atoms with van der Waals surface area (Å²) in [4.78, 5) is 22.8. The molecule has 1 aliphatic heterocycles. The van der Waals surface area contributed by atoms with Crippen LogP contribution in [0.3, 0.4) is 0 Å². The fraction of sp³-hybridized carbons (Fsp3) is 0.667. The van der Waals surface area contributed by atoms with Gasteiger partial charge in [-0.2, -0.15) is 0 Å². The van der Waals surface area contributed by atoms with Gasteiger partial charge in [-0.05, 0) is 32.7 Å². The van der Waals surface area contributed by atoms with Crippen LogP contribution in [0.2, 0.25) is 0 Å². The van der Waals surface area contributed by atoms with Crippen molar-refractivity contribution in [3.8, 4) is 0 Å². The number of nitrogens with zero attached hydrogens (tertiary/aromatic N) is 3. The lowest BCUT2D eigenvalue weighted by molar-refractivity contribution is -0.148. The molecule has 1 N–H and O–H groups in total. The molecule has 2 heterocycles. The molecule has 116 valence electrons. The molecule has 1 aliphatic rings. The van der Waals surface area contributed by atoms with Crippen LogP contribution in [0.4, 0.5) is 5.82 Å². The van der Waals surface area contributed by atoms with Crippen LogP contribution in [0.5, 0.6) is 0 Å². The Morgan fingerprint density at radius 1 is 1.43 bits per heavy atom. The van der Waals surface area contributed by atoms with E-state index in [4.69, 9.17) is 4.74 Å². The van der Waals surface area contributed by atoms with Crippen molar-refractivity contribution < 1.29 is 9.53 Å². The summed E-state index contributed by atoms with van der Waals surface area (Å²) >= 11 is 0. The van der Waals surface area contributed by atoms with E-state index in [9.17, 15) is 4.79 Å². The van der Waals surface area contributed by atoms with E-state index in [1.807, 2.05) is 6.92 Å². The Kier molecular flexibility index (Phi) is 5.92. The maximum absolute atomic E-state index is 11.9. The second-order valence-electron chi connectivity index (χ2n) is 5.20. The first kappa shape index (κ1) is 15.7. The van der Waals surface area contributed by atoms with Crippen molar-refractivity contribution in [2.24, 2.45) is 0 Å². The molecule has 1 aromatic rings. The van der Waals surface area contributed by atoms with Gasteiger partial charge in [0.15, 0.2) is 0 Å². The Bertz CT molecular complexity index is 449. The van der Waals surface area contributed by atoms with Crippen LogP contribution < -0.4 is 5.32 Å². The molecule has 1 fully saturated rings. The molecule has 1 atom stereocenters. The van der Waals surface area contributed by atoms with Crippen molar-refractivity contribution in [1.82, 2.24) is 14.9 Å². The van der Waals surface area contributed by atoms with Gasteiger partial charge in [-0.25, -0.2) is 4.98 Å². The molecule has 6 nitrogen and oxygen atoms in total. The summed E-state index contributed by atoms with van der Waals surface area (Å²) in [6.07, 6.45) is 6.47. The molecular formula is C15H24N4O2. The van der Waals surface area contributed by atoms with Gasteiger partial charge in [-0.1, -0.05) is 6.92 Å². The minimum Gasteiger partial charge on any atom is -0.465 e. The number of carbonyl (C=O) groups excluding carboxylic acids is 1. The quantitative estimate of drug-likeness (QED) is 0.773. The summed E-state index contributed by atoms with van der Waals surface area (Å²) in [6.45, 7) is 6.82. The number of hydrogen-bond acceptors (Lipinski definition) is 6. The summed E-state index contributed by atoms with van der Waals surface area (Å²) in [5.74, 6) is 0.674. The highest BCUT2D eigenvalue weighted by molar-refractivity contribution is 5.76. The van der Waals surface area contributed by atoms with Crippen molar-refractivity contribution in [2.75, 3.05) is 25.0 Å². The maximum atomic E-state index is 11.9. The number of carbonyl (C=O) groups is 1. The first-order valence-corrected chi connectivity index (χ1v) is 7.70. The van der Waals surface area contributed by atoms with E-state index < -0.39 is 0 Å². The first-order valence-electron chi connectivity index (χ1n) is 7.70. The average Bonchev–Trinajstić information content (AvgIpc) is 2.95. The van der Waals surface area contributed by atoms with E-state index in [0.717, 1.165) is 43.9 Å². The molecule has 0 radical (unpaired) electrons. The monoisotopic (exact) mass is 292 g/mol.